The minimum atomic E-state index is 0.763. The van der Waals surface area contributed by atoms with Crippen LogP contribution >= 0.6 is 0 Å². The first-order valence-corrected chi connectivity index (χ1v) is 10.8. The molecule has 0 spiro atoms. The lowest BCUT2D eigenvalue weighted by Crippen LogP contribution is -2.04. The fourth-order valence-corrected chi connectivity index (χ4v) is 2.98. The second kappa shape index (κ2) is 16.6. The van der Waals surface area contributed by atoms with Crippen LogP contribution in [0.5, 0.6) is 0 Å². The van der Waals surface area contributed by atoms with E-state index in [4.69, 9.17) is 0 Å². The Balaban J connectivity index is 0. The molecule has 0 nitrogen and oxygen atoms in total. The third kappa shape index (κ3) is 13.3. The Morgan fingerprint density at radius 2 is 1.63 bits per heavy atom. The molecule has 154 valence electrons. The largest absolute Gasteiger partial charge is 0.100 e. The van der Waals surface area contributed by atoms with Gasteiger partial charge in [0.2, 0.25) is 0 Å². The molecule has 0 heteroatoms. The zero-order chi connectivity index (χ0) is 21.4. The van der Waals surface area contributed by atoms with Gasteiger partial charge in [-0.25, -0.2) is 0 Å². The van der Waals surface area contributed by atoms with Crippen molar-refractivity contribution in [2.45, 2.75) is 94.4 Å². The van der Waals surface area contributed by atoms with Crippen LogP contribution in [0.4, 0.5) is 0 Å². The van der Waals surface area contributed by atoms with Gasteiger partial charge < -0.3 is 0 Å². The maximum absolute atomic E-state index is 4.09. The molecule has 0 aliphatic carbocycles. The number of allylic oxidation sites excluding steroid dienone is 4. The summed E-state index contributed by atoms with van der Waals surface area (Å²) < 4.78 is 0. The summed E-state index contributed by atoms with van der Waals surface area (Å²) in [7, 11) is 0. The normalized spacial score (nSPS) is 11.5. The molecule has 1 unspecified atom stereocenters. The van der Waals surface area contributed by atoms with Crippen molar-refractivity contribution in [3.8, 4) is 0 Å². The third-order valence-corrected chi connectivity index (χ3v) is 4.61. The summed E-state index contributed by atoms with van der Waals surface area (Å²) >= 11 is 0. The highest BCUT2D eigenvalue weighted by Crippen LogP contribution is 2.25. The van der Waals surface area contributed by atoms with Gasteiger partial charge in [-0.1, -0.05) is 76.1 Å². The van der Waals surface area contributed by atoms with Crippen LogP contribution in [0.2, 0.25) is 0 Å². The van der Waals surface area contributed by atoms with Gasteiger partial charge in [0.15, 0.2) is 0 Å². The molecule has 0 heterocycles. The van der Waals surface area contributed by atoms with Crippen LogP contribution in [-0.4, -0.2) is 0 Å². The predicted molar refractivity (Wildman–Crippen MR) is 128 cm³/mol. The number of hydrogen-bond acceptors (Lipinski definition) is 0. The molecule has 0 fully saturated rings. The lowest BCUT2D eigenvalue weighted by atomic mass is 9.88. The number of rotatable bonds is 8. The summed E-state index contributed by atoms with van der Waals surface area (Å²) in [6.07, 6.45) is 8.24. The van der Waals surface area contributed by atoms with Crippen LogP contribution in [0, 0.1) is 12.8 Å². The maximum Gasteiger partial charge on any atom is -0.0251 e. The second-order valence-corrected chi connectivity index (χ2v) is 7.43. The highest BCUT2D eigenvalue weighted by Gasteiger charge is 2.10. The zero-order valence-electron chi connectivity index (χ0n) is 19.8. The molecule has 1 rings (SSSR count). The number of aryl methyl sites for hydroxylation is 3. The topological polar surface area (TPSA) is 0 Å². The van der Waals surface area contributed by atoms with E-state index in [9.17, 15) is 0 Å². The smallest absolute Gasteiger partial charge is 0.0251 e. The van der Waals surface area contributed by atoms with E-state index in [-0.39, 0.29) is 0 Å². The maximum atomic E-state index is 4.09. The summed E-state index contributed by atoms with van der Waals surface area (Å²) in [5, 5.41) is 0. The highest BCUT2D eigenvalue weighted by atomic mass is 14.2. The molecule has 0 saturated heterocycles. The molecule has 0 aliphatic heterocycles. The van der Waals surface area contributed by atoms with E-state index in [0.717, 1.165) is 12.3 Å². The molecule has 27 heavy (non-hydrogen) atoms. The summed E-state index contributed by atoms with van der Waals surface area (Å²) in [6, 6.07) is 6.99. The lowest BCUT2D eigenvalue weighted by Gasteiger charge is -2.17. The molecule has 1 atom stereocenters. The standard InChI is InChI=1S/C21H32.C4H8.C2H6/c1-7-18(15-21(9-3)16(4)5)10-11-19-12-13-20(8-2)17(6)14-19;1-4(2)3;1-2/h9,12-14,18H,4,7-8,10-11,15H2,1-3,5-6H3;1H2,2-3H3;1-2H3/b21-9-;;. The van der Waals surface area contributed by atoms with E-state index >= 15 is 0 Å². The monoisotopic (exact) mass is 370 g/mol. The van der Waals surface area contributed by atoms with Crippen molar-refractivity contribution in [2.75, 3.05) is 0 Å². The molecule has 0 N–H and O–H groups in total. The first-order chi connectivity index (χ1) is 12.7. The summed E-state index contributed by atoms with van der Waals surface area (Å²) in [5.41, 5.74) is 8.22. The van der Waals surface area contributed by atoms with Crippen molar-refractivity contribution in [3.05, 3.63) is 70.8 Å². The van der Waals surface area contributed by atoms with Gasteiger partial charge in [-0.3, -0.25) is 0 Å². The Morgan fingerprint density at radius 1 is 1.07 bits per heavy atom. The van der Waals surface area contributed by atoms with Crippen LogP contribution in [0.25, 0.3) is 0 Å². The Kier molecular flexibility index (Phi) is 17.0. The van der Waals surface area contributed by atoms with Gasteiger partial charge in [0, 0.05) is 0 Å². The average molecular weight is 371 g/mol. The molecular weight excluding hydrogens is 324 g/mol. The molecule has 0 radical (unpaired) electrons. The SMILES string of the molecule is C=C(C)/C(=C\C)CC(CC)CCc1ccc(CC)c(C)c1.C=C(C)C.CC. The van der Waals surface area contributed by atoms with Gasteiger partial charge in [-0.05, 0) is 88.5 Å². The van der Waals surface area contributed by atoms with Gasteiger partial charge >= 0.3 is 0 Å². The quantitative estimate of drug-likeness (QED) is 0.316. The average Bonchev–Trinajstić information content (AvgIpc) is 2.63. The lowest BCUT2D eigenvalue weighted by molar-refractivity contribution is 0.468. The van der Waals surface area contributed by atoms with Gasteiger partial charge in [0.25, 0.3) is 0 Å². The van der Waals surface area contributed by atoms with Crippen LogP contribution in [0.3, 0.4) is 0 Å². The molecule has 1 aromatic rings. The van der Waals surface area contributed by atoms with Crippen LogP contribution in [-0.2, 0) is 12.8 Å². The highest BCUT2D eigenvalue weighted by molar-refractivity contribution is 5.31. The van der Waals surface area contributed by atoms with E-state index < -0.39 is 0 Å². The molecular formula is C27H46. The summed E-state index contributed by atoms with van der Waals surface area (Å²) in [4.78, 5) is 0. The fraction of sp³-hybridized carbons (Fsp3) is 0.556. The van der Waals surface area contributed by atoms with E-state index in [0.29, 0.717) is 0 Å². The molecule has 0 aromatic heterocycles. The molecule has 0 aliphatic rings. The Bertz CT molecular complexity index is 568. The van der Waals surface area contributed by atoms with E-state index in [1.54, 1.807) is 0 Å². The molecule has 0 bridgehead atoms. The zero-order valence-corrected chi connectivity index (χ0v) is 19.8. The first-order valence-electron chi connectivity index (χ1n) is 10.8. The van der Waals surface area contributed by atoms with Crippen LogP contribution < -0.4 is 0 Å². The van der Waals surface area contributed by atoms with Gasteiger partial charge in [0.1, 0.15) is 0 Å². The second-order valence-electron chi connectivity index (χ2n) is 7.43. The van der Waals surface area contributed by atoms with Gasteiger partial charge in [0.05, 0.1) is 0 Å². The van der Waals surface area contributed by atoms with Crippen molar-refractivity contribution in [3.63, 3.8) is 0 Å². The predicted octanol–water partition coefficient (Wildman–Crippen LogP) is 9.04. The number of benzene rings is 1. The van der Waals surface area contributed by atoms with Crippen molar-refractivity contribution in [1.29, 1.82) is 0 Å². The van der Waals surface area contributed by atoms with Crippen LogP contribution in [0.1, 0.15) is 91.3 Å². The molecule has 0 saturated carbocycles. The van der Waals surface area contributed by atoms with E-state index in [1.807, 2.05) is 27.7 Å². The minimum Gasteiger partial charge on any atom is -0.100 e. The third-order valence-electron chi connectivity index (χ3n) is 4.61. The Morgan fingerprint density at radius 3 is 2.00 bits per heavy atom. The molecule has 0 amide bonds. The van der Waals surface area contributed by atoms with Crippen molar-refractivity contribution < 1.29 is 0 Å². The molecule has 1 aromatic carbocycles. The van der Waals surface area contributed by atoms with Crippen LogP contribution in [0.15, 0.2) is 54.2 Å². The van der Waals surface area contributed by atoms with Crippen molar-refractivity contribution in [2.24, 2.45) is 5.92 Å². The number of hydrogen-bond donors (Lipinski definition) is 0. The minimum absolute atomic E-state index is 0.763. The summed E-state index contributed by atoms with van der Waals surface area (Å²) in [5.74, 6) is 0.763. The van der Waals surface area contributed by atoms with Gasteiger partial charge in [-0.2, -0.15) is 0 Å². The Hall–Kier alpha value is -1.56. The van der Waals surface area contributed by atoms with E-state index in [2.05, 4.69) is 72.1 Å². The van der Waals surface area contributed by atoms with Crippen molar-refractivity contribution >= 4 is 0 Å². The van der Waals surface area contributed by atoms with Crippen molar-refractivity contribution in [1.82, 2.24) is 0 Å². The fourth-order valence-electron chi connectivity index (χ4n) is 2.98. The summed E-state index contributed by atoms with van der Waals surface area (Å²) in [6.45, 7) is 26.6. The van der Waals surface area contributed by atoms with Gasteiger partial charge in [-0.15, -0.1) is 6.58 Å². The van der Waals surface area contributed by atoms with E-state index in [1.165, 1.54) is 59.1 Å². The Labute approximate surface area is 171 Å². The first kappa shape index (κ1) is 27.7.